The smallest absolute Gasteiger partial charge is 0.465 e. The molecule has 19 nitrogen and oxygen atoms in total. The molecule has 1 aromatic rings. The standard InChI is InChI=1S/C24H39N4O15PS2/c1-4-45-46-11-17(32)27-18-13(31)8-24(22(35)38-2,42-14(18)7-12(30)9-29)43-44(37,39-3)40-10-15-19(33)20(34)21(41-15)28-6-5-16(25)26-23(28)36/h5-6,12-15,18-21,29-31,33-34H,4,7-11H2,1-3H3,(H,27,32)(H2,25,26,36)/t12-,13?,14?,15?,18?,19?,20?,21?,24?,44?/m0/s1. The lowest BCUT2D eigenvalue weighted by Crippen LogP contribution is -2.64. The Kier molecular flexibility index (Phi) is 14.3. The molecule has 46 heavy (non-hydrogen) atoms. The number of carbonyl (C=O) groups is 2. The van der Waals surface area contributed by atoms with Gasteiger partial charge in [-0.2, -0.15) is 4.98 Å². The molecule has 0 radical (unpaired) electrons. The second-order valence-electron chi connectivity index (χ2n) is 10.1. The molecule has 2 aliphatic heterocycles. The third-order valence-corrected chi connectivity index (χ3v) is 10.7. The summed E-state index contributed by atoms with van der Waals surface area (Å²) < 4.78 is 46.5. The first kappa shape index (κ1) is 38.6. The van der Waals surface area contributed by atoms with Crippen molar-refractivity contribution in [1.82, 2.24) is 14.9 Å². The monoisotopic (exact) mass is 718 g/mol. The highest BCUT2D eigenvalue weighted by Gasteiger charge is 2.58. The van der Waals surface area contributed by atoms with Crippen molar-refractivity contribution in [3.05, 3.63) is 22.7 Å². The minimum Gasteiger partial charge on any atom is -0.465 e. The Morgan fingerprint density at radius 3 is 2.59 bits per heavy atom. The summed E-state index contributed by atoms with van der Waals surface area (Å²) in [4.78, 5) is 41.4. The number of nitrogen functional groups attached to an aromatic ring is 1. The number of amides is 1. The number of nitrogens with one attached hydrogen (secondary N) is 1. The highest BCUT2D eigenvalue weighted by atomic mass is 33.1. The molecule has 1 amide bonds. The van der Waals surface area contributed by atoms with Gasteiger partial charge in [-0.15, -0.1) is 0 Å². The molecule has 3 rings (SSSR count). The van der Waals surface area contributed by atoms with Gasteiger partial charge in [0.25, 0.3) is 5.79 Å². The van der Waals surface area contributed by atoms with Crippen molar-refractivity contribution >= 4 is 47.1 Å². The van der Waals surface area contributed by atoms with Crippen molar-refractivity contribution in [2.75, 3.05) is 44.7 Å². The van der Waals surface area contributed by atoms with Crippen molar-refractivity contribution in [3.8, 4) is 0 Å². The minimum absolute atomic E-state index is 0.0104. The van der Waals surface area contributed by atoms with Crippen molar-refractivity contribution in [3.63, 3.8) is 0 Å². The van der Waals surface area contributed by atoms with Crippen LogP contribution in [0.1, 0.15) is 26.0 Å². The van der Waals surface area contributed by atoms with Gasteiger partial charge >= 0.3 is 19.5 Å². The molecule has 3 heterocycles. The Morgan fingerprint density at radius 1 is 1.26 bits per heavy atom. The number of ether oxygens (including phenoxy) is 3. The maximum Gasteiger partial charge on any atom is 0.477 e. The number of methoxy groups -OCH3 is 1. The number of phosphoric ester groups is 1. The van der Waals surface area contributed by atoms with Crippen LogP contribution in [-0.4, -0.2) is 134 Å². The number of nitrogens with zero attached hydrogens (tertiary/aromatic N) is 2. The zero-order chi connectivity index (χ0) is 34.2. The lowest BCUT2D eigenvalue weighted by molar-refractivity contribution is -0.275. The van der Waals surface area contributed by atoms with Gasteiger partial charge in [0.05, 0.1) is 50.4 Å². The molecule has 0 saturated carbocycles. The summed E-state index contributed by atoms with van der Waals surface area (Å²) in [6, 6.07) is 0.0514. The number of hydrogen-bond donors (Lipinski definition) is 7. The van der Waals surface area contributed by atoms with Crippen LogP contribution in [-0.2, 0) is 41.9 Å². The Morgan fingerprint density at radius 2 is 1.98 bits per heavy atom. The van der Waals surface area contributed by atoms with Gasteiger partial charge < -0.3 is 50.8 Å². The van der Waals surface area contributed by atoms with E-state index in [2.05, 4.69) is 10.3 Å². The van der Waals surface area contributed by atoms with E-state index in [0.717, 1.165) is 24.5 Å². The molecule has 0 spiro atoms. The summed E-state index contributed by atoms with van der Waals surface area (Å²) in [5, 5.41) is 54.4. The largest absolute Gasteiger partial charge is 0.477 e. The molecule has 8 N–H and O–H groups in total. The maximum atomic E-state index is 13.7. The van der Waals surface area contributed by atoms with Crippen LogP contribution >= 0.6 is 29.4 Å². The molecule has 0 aliphatic carbocycles. The number of phosphoric acid groups is 1. The van der Waals surface area contributed by atoms with E-state index in [-0.39, 0.29) is 11.6 Å². The first-order chi connectivity index (χ1) is 21.7. The van der Waals surface area contributed by atoms with E-state index in [0.29, 0.717) is 0 Å². The highest BCUT2D eigenvalue weighted by Crippen LogP contribution is 2.55. The predicted octanol–water partition coefficient (Wildman–Crippen LogP) is -2.12. The van der Waals surface area contributed by atoms with E-state index in [1.165, 1.54) is 33.9 Å². The van der Waals surface area contributed by atoms with Crippen molar-refractivity contribution in [2.45, 2.75) is 74.4 Å². The van der Waals surface area contributed by atoms with Gasteiger partial charge in [-0.1, -0.05) is 28.5 Å². The number of aromatic nitrogens is 2. The summed E-state index contributed by atoms with van der Waals surface area (Å²) in [5.41, 5.74) is 4.60. The molecule has 10 atom stereocenters. The van der Waals surface area contributed by atoms with Crippen LogP contribution in [0, 0.1) is 0 Å². The number of hydrogen-bond acceptors (Lipinski definition) is 19. The predicted molar refractivity (Wildman–Crippen MR) is 161 cm³/mol. The zero-order valence-electron chi connectivity index (χ0n) is 25.1. The number of anilines is 1. The van der Waals surface area contributed by atoms with Crippen molar-refractivity contribution in [1.29, 1.82) is 0 Å². The normalized spacial score (nSPS) is 31.6. The second kappa shape index (κ2) is 17.0. The van der Waals surface area contributed by atoms with Crippen molar-refractivity contribution < 1.29 is 67.5 Å². The first-order valence-electron chi connectivity index (χ1n) is 13.9. The number of aliphatic hydroxyl groups excluding tert-OH is 5. The quantitative estimate of drug-likeness (QED) is 0.0416. The van der Waals surface area contributed by atoms with Crippen LogP contribution < -0.4 is 16.7 Å². The molecule has 22 heteroatoms. The van der Waals surface area contributed by atoms with E-state index in [1.54, 1.807) is 0 Å². The molecular formula is C24H39N4O15PS2. The van der Waals surface area contributed by atoms with Gasteiger partial charge in [0.2, 0.25) is 5.91 Å². The SMILES string of the molecule is CCSSCC(=O)NC1C(O)CC(OP(=O)(OC)OCC2OC(n3ccc(N)nc3=O)C(O)C2O)(C(=O)OC)OC1C[C@H](O)CO. The van der Waals surface area contributed by atoms with Gasteiger partial charge in [0, 0.05) is 31.9 Å². The Balaban J connectivity index is 1.81. The summed E-state index contributed by atoms with van der Waals surface area (Å²) >= 11 is 0. The average molecular weight is 719 g/mol. The topological polar surface area (TPSA) is 281 Å². The zero-order valence-corrected chi connectivity index (χ0v) is 27.6. The number of carbonyl (C=O) groups excluding carboxylic acids is 2. The number of aliphatic hydroxyl groups is 5. The van der Waals surface area contributed by atoms with Crippen molar-refractivity contribution in [2.24, 2.45) is 0 Å². The van der Waals surface area contributed by atoms with Gasteiger partial charge in [0.15, 0.2) is 6.23 Å². The van der Waals surface area contributed by atoms with Crippen LogP contribution in [0.5, 0.6) is 0 Å². The van der Waals surface area contributed by atoms with Gasteiger partial charge in [-0.05, 0) is 6.07 Å². The summed E-state index contributed by atoms with van der Waals surface area (Å²) in [6.45, 7) is 0.385. The third kappa shape index (κ3) is 9.40. The molecule has 0 bridgehead atoms. The summed E-state index contributed by atoms with van der Waals surface area (Å²) in [5.74, 6) is -3.81. The van der Waals surface area contributed by atoms with Crippen LogP contribution in [0.25, 0.3) is 0 Å². The fourth-order valence-corrected chi connectivity index (χ4v) is 7.34. The number of nitrogens with two attached hydrogens (primary N) is 1. The molecule has 1 aromatic heterocycles. The van der Waals surface area contributed by atoms with E-state index < -0.39 is 106 Å². The number of esters is 1. The maximum absolute atomic E-state index is 13.7. The molecule has 0 aromatic carbocycles. The fourth-order valence-electron chi connectivity index (χ4n) is 4.71. The number of rotatable bonds is 16. The average Bonchev–Trinajstić information content (AvgIpc) is 3.30. The van der Waals surface area contributed by atoms with Crippen LogP contribution in [0.4, 0.5) is 5.82 Å². The lowest BCUT2D eigenvalue weighted by Gasteiger charge is -2.45. The molecule has 2 fully saturated rings. The van der Waals surface area contributed by atoms with E-state index in [9.17, 15) is 44.5 Å². The first-order valence-corrected chi connectivity index (χ1v) is 17.8. The van der Waals surface area contributed by atoms with E-state index in [1.807, 2.05) is 6.92 Å². The van der Waals surface area contributed by atoms with E-state index >= 15 is 0 Å². The summed E-state index contributed by atoms with van der Waals surface area (Å²) in [7, 11) is -0.335. The highest BCUT2D eigenvalue weighted by molar-refractivity contribution is 8.76. The Hall–Kier alpha value is -1.85. The van der Waals surface area contributed by atoms with Gasteiger partial charge in [0.1, 0.15) is 24.1 Å². The third-order valence-electron chi connectivity index (χ3n) is 6.91. The van der Waals surface area contributed by atoms with Crippen LogP contribution in [0.2, 0.25) is 0 Å². The van der Waals surface area contributed by atoms with Crippen LogP contribution in [0.3, 0.4) is 0 Å². The molecular weight excluding hydrogens is 679 g/mol. The Labute approximate surface area is 271 Å². The van der Waals surface area contributed by atoms with Crippen LogP contribution in [0.15, 0.2) is 17.1 Å². The second-order valence-corrected chi connectivity index (χ2v) is 14.6. The fraction of sp³-hybridized carbons (Fsp3) is 0.750. The van der Waals surface area contributed by atoms with Gasteiger partial charge in [-0.25, -0.2) is 18.7 Å². The molecule has 9 unspecified atom stereocenters. The van der Waals surface area contributed by atoms with E-state index in [4.69, 9.17) is 33.5 Å². The molecule has 2 saturated heterocycles. The summed E-state index contributed by atoms with van der Waals surface area (Å²) in [6.07, 6.45) is -10.6. The molecule has 262 valence electrons. The lowest BCUT2D eigenvalue weighted by atomic mass is 9.90. The minimum atomic E-state index is -4.88. The van der Waals surface area contributed by atoms with Gasteiger partial charge in [-0.3, -0.25) is 18.4 Å². The Bertz CT molecular complexity index is 1300. The molecule has 2 aliphatic rings.